The third-order valence-electron chi connectivity index (χ3n) is 15.8. The Labute approximate surface area is 567 Å². The van der Waals surface area contributed by atoms with Gasteiger partial charge in [-0.3, -0.25) is 14.4 Å². The van der Waals surface area contributed by atoms with E-state index < -0.39 is 171 Å². The number of ether oxygens (including phenoxy) is 15. The molecule has 0 spiro atoms. The zero-order chi connectivity index (χ0) is 70.0. The van der Waals surface area contributed by atoms with Crippen LogP contribution in [-0.2, 0) is 85.4 Å². The SMILES string of the molecule is CC(=O)OC1C(OC2OC(COC(=O)c3ccccc3)C(OC(=O)c3ccccc3)C(OC(=O)c3ccccc3)C2OC(=O)c2ccccc2)[C@@H](OC(C)=O)C(COC2OC(COC(=O)c3ccccc3)C(OC(=O)c3ccccc3)C(OC(=O)c3ccccc3)C2C)O[C@@H]1OC(C)=O. The molecule has 0 saturated carbocycles. The fraction of sp³-hybridized carbons (Fsp3) is 0.297. The topological polar surface area (TPSA) is 309 Å². The van der Waals surface area contributed by atoms with Gasteiger partial charge in [-0.25, -0.2) is 33.6 Å². The number of carbonyl (C=O) groups is 10. The van der Waals surface area contributed by atoms with E-state index in [1.165, 1.54) is 116 Å². The molecule has 3 aliphatic rings. The zero-order valence-electron chi connectivity index (χ0n) is 53.7. The fourth-order valence-corrected chi connectivity index (χ4v) is 11.1. The summed E-state index contributed by atoms with van der Waals surface area (Å²) in [6.07, 6.45) is -25.7. The Morgan fingerprint density at radius 2 is 0.535 bits per heavy atom. The second-order valence-corrected chi connectivity index (χ2v) is 22.8. The second-order valence-electron chi connectivity index (χ2n) is 22.8. The molecule has 3 aliphatic heterocycles. The highest BCUT2D eigenvalue weighted by Crippen LogP contribution is 2.39. The first-order valence-electron chi connectivity index (χ1n) is 31.4. The van der Waals surface area contributed by atoms with Crippen molar-refractivity contribution < 1.29 is 119 Å². The molecule has 3 fully saturated rings. The smallest absolute Gasteiger partial charge is 0.338 e. The molecule has 514 valence electrons. The fourth-order valence-electron chi connectivity index (χ4n) is 11.1. The molecule has 0 radical (unpaired) electrons. The molecule has 0 N–H and O–H groups in total. The lowest BCUT2D eigenvalue weighted by atomic mass is 9.91. The number of rotatable bonds is 24. The van der Waals surface area contributed by atoms with Gasteiger partial charge in [-0.05, 0) is 84.9 Å². The maximum Gasteiger partial charge on any atom is 0.338 e. The first-order chi connectivity index (χ1) is 47.9. The molecule has 3 saturated heterocycles. The standard InChI is InChI=1S/C74H68O25/c1-43-57(94-67(80)49-30-16-7-17-31-49)58(95-68(81)50-32-18-8-19-33-50)54(40-85-65(78)47-26-12-5-13-27-47)91-72(43)87-42-56-59(88-44(2)75)62(63(89-45(3)76)73(92-56)90-46(4)77)99-74-64(98-71(84)53-38-24-11-25-39-53)61(97-70(83)52-36-22-10-23-37-52)60(96-69(82)51-34-20-9-21-35-51)55(93-74)41-86-66(79)48-28-14-6-15-29-48/h5-39,43,54-64,72-74H,40-42H2,1-4H3/t43?,54?,55?,56?,57?,58?,59-,60?,61?,62?,63?,64?,72?,73-,74?/m0/s1. The lowest BCUT2D eigenvalue weighted by molar-refractivity contribution is -0.360. The summed E-state index contributed by atoms with van der Waals surface area (Å²) in [5.41, 5.74) is 0.303. The molecule has 25 heteroatoms. The maximum atomic E-state index is 14.6. The van der Waals surface area contributed by atoms with Crippen molar-refractivity contribution in [1.82, 2.24) is 0 Å². The Morgan fingerprint density at radius 1 is 0.273 bits per heavy atom. The van der Waals surface area contributed by atoms with E-state index in [0.717, 1.165) is 20.8 Å². The van der Waals surface area contributed by atoms with Crippen molar-refractivity contribution in [3.63, 3.8) is 0 Å². The van der Waals surface area contributed by atoms with Gasteiger partial charge in [0.2, 0.25) is 6.29 Å². The van der Waals surface area contributed by atoms with Crippen molar-refractivity contribution in [2.45, 2.75) is 114 Å². The van der Waals surface area contributed by atoms with Gasteiger partial charge < -0.3 is 71.1 Å². The first kappa shape index (κ1) is 70.8. The van der Waals surface area contributed by atoms with E-state index in [1.54, 1.807) is 103 Å². The molecular weight excluding hydrogens is 1290 g/mol. The third-order valence-corrected chi connectivity index (χ3v) is 15.8. The van der Waals surface area contributed by atoms with Gasteiger partial charge in [0.15, 0.2) is 49.2 Å². The van der Waals surface area contributed by atoms with Crippen molar-refractivity contribution >= 4 is 59.7 Å². The lowest BCUT2D eigenvalue weighted by Gasteiger charge is -2.49. The van der Waals surface area contributed by atoms with E-state index in [2.05, 4.69) is 0 Å². The van der Waals surface area contributed by atoms with Gasteiger partial charge in [-0.1, -0.05) is 134 Å². The molecule has 13 unspecified atom stereocenters. The molecule has 7 aromatic carbocycles. The number of benzene rings is 7. The molecule has 0 aromatic heterocycles. The molecule has 0 bridgehead atoms. The monoisotopic (exact) mass is 1360 g/mol. The lowest BCUT2D eigenvalue weighted by Crippen LogP contribution is -2.67. The van der Waals surface area contributed by atoms with Crippen molar-refractivity contribution in [3.8, 4) is 0 Å². The van der Waals surface area contributed by atoms with Crippen LogP contribution in [0.2, 0.25) is 0 Å². The van der Waals surface area contributed by atoms with Crippen LogP contribution in [0, 0.1) is 5.92 Å². The van der Waals surface area contributed by atoms with Crippen LogP contribution in [0.1, 0.15) is 100 Å². The molecule has 0 amide bonds. The molecule has 0 aliphatic carbocycles. The molecule has 99 heavy (non-hydrogen) atoms. The maximum absolute atomic E-state index is 14.6. The number of carbonyl (C=O) groups excluding carboxylic acids is 10. The van der Waals surface area contributed by atoms with E-state index in [9.17, 15) is 47.9 Å². The predicted molar refractivity (Wildman–Crippen MR) is 341 cm³/mol. The van der Waals surface area contributed by atoms with Gasteiger partial charge in [-0.15, -0.1) is 0 Å². The first-order valence-corrected chi connectivity index (χ1v) is 31.4. The highest BCUT2D eigenvalue weighted by molar-refractivity contribution is 5.93. The Morgan fingerprint density at radius 3 is 0.899 bits per heavy atom. The largest absolute Gasteiger partial charge is 0.459 e. The van der Waals surface area contributed by atoms with Crippen LogP contribution in [0.15, 0.2) is 212 Å². The van der Waals surface area contributed by atoms with Crippen LogP contribution < -0.4 is 0 Å². The average molecular weight is 1360 g/mol. The van der Waals surface area contributed by atoms with Crippen LogP contribution in [0.4, 0.5) is 0 Å². The van der Waals surface area contributed by atoms with Crippen LogP contribution in [-0.4, -0.2) is 166 Å². The van der Waals surface area contributed by atoms with Crippen molar-refractivity contribution in [2.75, 3.05) is 19.8 Å². The van der Waals surface area contributed by atoms with Gasteiger partial charge in [0, 0.05) is 26.7 Å². The molecule has 7 aromatic rings. The molecule has 25 nitrogen and oxygen atoms in total. The van der Waals surface area contributed by atoms with E-state index >= 15 is 0 Å². The minimum Gasteiger partial charge on any atom is -0.459 e. The Kier molecular flexibility index (Phi) is 24.2. The summed E-state index contributed by atoms with van der Waals surface area (Å²) < 4.78 is 93.6. The summed E-state index contributed by atoms with van der Waals surface area (Å²) in [5.74, 6) is -10.9. The Hall–Kier alpha value is -11.0. The van der Waals surface area contributed by atoms with Crippen molar-refractivity contribution in [1.29, 1.82) is 0 Å². The normalized spacial score (nSPS) is 24.7. The quantitative estimate of drug-likeness (QED) is 0.0404. The summed E-state index contributed by atoms with van der Waals surface area (Å²) in [6.45, 7) is 2.29. The zero-order valence-corrected chi connectivity index (χ0v) is 53.7. The number of hydrogen-bond acceptors (Lipinski definition) is 25. The van der Waals surface area contributed by atoms with E-state index in [1.807, 2.05) is 0 Å². The summed E-state index contributed by atoms with van der Waals surface area (Å²) in [6, 6.07) is 54.0. The van der Waals surface area contributed by atoms with E-state index in [4.69, 9.17) is 71.1 Å². The predicted octanol–water partition coefficient (Wildman–Crippen LogP) is 8.47. The molecular formula is C74H68O25. The number of hydrogen-bond donors (Lipinski definition) is 0. The summed E-state index contributed by atoms with van der Waals surface area (Å²) in [4.78, 5) is 140. The third kappa shape index (κ3) is 18.6. The Bertz CT molecular complexity index is 3900. The highest BCUT2D eigenvalue weighted by atomic mass is 16.8. The van der Waals surface area contributed by atoms with Gasteiger partial charge >= 0.3 is 59.7 Å². The van der Waals surface area contributed by atoms with Gasteiger partial charge in [0.25, 0.3) is 0 Å². The summed E-state index contributed by atoms with van der Waals surface area (Å²) in [7, 11) is 0. The molecule has 10 rings (SSSR count). The summed E-state index contributed by atoms with van der Waals surface area (Å²) >= 11 is 0. The van der Waals surface area contributed by atoms with Gasteiger partial charge in [-0.2, -0.15) is 0 Å². The minimum atomic E-state index is -2.19. The van der Waals surface area contributed by atoms with Crippen molar-refractivity contribution in [3.05, 3.63) is 251 Å². The van der Waals surface area contributed by atoms with Crippen LogP contribution >= 0.6 is 0 Å². The van der Waals surface area contributed by atoms with Crippen LogP contribution in [0.25, 0.3) is 0 Å². The van der Waals surface area contributed by atoms with Crippen LogP contribution in [0.3, 0.4) is 0 Å². The Balaban J connectivity index is 1.06. The molecule has 15 atom stereocenters. The van der Waals surface area contributed by atoms with E-state index in [-0.39, 0.29) is 38.9 Å². The second kappa shape index (κ2) is 33.8. The molecule has 3 heterocycles. The summed E-state index contributed by atoms with van der Waals surface area (Å²) in [5, 5.41) is 0. The van der Waals surface area contributed by atoms with Gasteiger partial charge in [0.1, 0.15) is 43.7 Å². The van der Waals surface area contributed by atoms with Gasteiger partial charge in [0.05, 0.1) is 45.6 Å². The minimum absolute atomic E-state index is 0.00707. The number of esters is 10. The highest BCUT2D eigenvalue weighted by Gasteiger charge is 2.59. The van der Waals surface area contributed by atoms with Crippen molar-refractivity contribution in [2.24, 2.45) is 5.92 Å². The average Bonchev–Trinajstić information content (AvgIpc) is 0.764. The van der Waals surface area contributed by atoms with Crippen LogP contribution in [0.5, 0.6) is 0 Å². The van der Waals surface area contributed by atoms with E-state index in [0.29, 0.717) is 0 Å².